The Labute approximate surface area is 423 Å². The summed E-state index contributed by atoms with van der Waals surface area (Å²) in [6, 6.07) is 22.9. The lowest BCUT2D eigenvalue weighted by Gasteiger charge is -2.45. The lowest BCUT2D eigenvalue weighted by atomic mass is 9.76. The summed E-state index contributed by atoms with van der Waals surface area (Å²) < 4.78 is 44.2. The second kappa shape index (κ2) is 18.6. The molecule has 2 spiro atoms. The van der Waals surface area contributed by atoms with Gasteiger partial charge in [0.25, 0.3) is 0 Å². The van der Waals surface area contributed by atoms with E-state index in [0.29, 0.717) is 41.1 Å². The topological polar surface area (TPSA) is 202 Å². The van der Waals surface area contributed by atoms with Gasteiger partial charge in [0.2, 0.25) is 30.9 Å². The van der Waals surface area contributed by atoms with Gasteiger partial charge in [-0.1, -0.05) is 47.5 Å². The molecule has 10 heterocycles. The molecule has 4 aliphatic rings. The van der Waals surface area contributed by atoms with Crippen molar-refractivity contribution in [3.63, 3.8) is 0 Å². The molecule has 21 heteroatoms. The molecule has 12 rings (SSSR count). The second-order valence-corrected chi connectivity index (χ2v) is 23.6. The van der Waals surface area contributed by atoms with Crippen LogP contribution in [0.15, 0.2) is 135 Å². The zero-order valence-electron chi connectivity index (χ0n) is 37.9. The Hall–Kier alpha value is -6.51. The van der Waals surface area contributed by atoms with E-state index in [1.54, 1.807) is 54.5 Å². The monoisotopic (exact) mass is 1050 g/mol. The van der Waals surface area contributed by atoms with Crippen molar-refractivity contribution in [3.8, 4) is 22.3 Å². The van der Waals surface area contributed by atoms with Gasteiger partial charge in [-0.3, -0.25) is 39.5 Å². The van der Waals surface area contributed by atoms with Crippen LogP contribution < -0.4 is 15.1 Å². The minimum absolute atomic E-state index is 0.101. The molecule has 0 aliphatic carbocycles. The Morgan fingerprint density at radius 3 is 1.44 bits per heavy atom. The molecule has 0 radical (unpaired) electrons. The van der Waals surface area contributed by atoms with Gasteiger partial charge in [-0.15, -0.1) is 0 Å². The van der Waals surface area contributed by atoms with E-state index < -0.39 is 29.9 Å². The molecule has 1 N–H and O–H groups in total. The number of sulfonamides is 1. The Kier molecular flexibility index (Phi) is 12.6. The van der Waals surface area contributed by atoms with Crippen molar-refractivity contribution >= 4 is 97.7 Å². The summed E-state index contributed by atoms with van der Waals surface area (Å²) in [7, 11) is -2.08. The highest BCUT2D eigenvalue weighted by Gasteiger charge is 2.60. The molecule has 360 valence electrons. The molecule has 8 aromatic rings. The fraction of sp³-hybridized carbons (Fsp3) is 0.200. The van der Waals surface area contributed by atoms with Crippen LogP contribution in [0.3, 0.4) is 0 Å². The largest absolute Gasteiger partial charge is 0.314 e. The highest BCUT2D eigenvalue weighted by atomic mass is 35.7. The lowest BCUT2D eigenvalue weighted by Crippen LogP contribution is -2.64. The van der Waals surface area contributed by atoms with Crippen LogP contribution >= 0.6 is 33.9 Å². The smallest absolute Gasteiger partial charge is 0.240 e. The molecule has 0 unspecified atom stereocenters. The van der Waals surface area contributed by atoms with E-state index in [0.717, 1.165) is 78.8 Å². The van der Waals surface area contributed by atoms with Crippen LogP contribution in [-0.4, -0.2) is 102 Å². The van der Waals surface area contributed by atoms with Gasteiger partial charge >= 0.3 is 0 Å². The number of hydrogen-bond acceptors (Lipinski definition) is 13. The number of carbonyl (C=O) groups is 2. The first-order valence-electron chi connectivity index (χ1n) is 22.0. The van der Waals surface area contributed by atoms with E-state index >= 15 is 0 Å². The molecule has 2 saturated heterocycles. The van der Waals surface area contributed by atoms with Crippen molar-refractivity contribution in [2.45, 2.75) is 23.9 Å². The number of aromatic nitrogens is 6. The zero-order valence-corrected chi connectivity index (χ0v) is 41.8. The normalized spacial score (nSPS) is 16.5. The van der Waals surface area contributed by atoms with Gasteiger partial charge in [0.1, 0.15) is 10.8 Å². The number of pyridine rings is 6. The van der Waals surface area contributed by atoms with Crippen LogP contribution in [0.5, 0.6) is 0 Å². The van der Waals surface area contributed by atoms with Gasteiger partial charge in [0.15, 0.2) is 0 Å². The number of fused-ring (bicyclic) bond motifs is 6. The highest BCUT2D eigenvalue weighted by molar-refractivity contribution is 8.13. The molecule has 0 bridgehead atoms. The van der Waals surface area contributed by atoms with E-state index in [1.165, 1.54) is 4.31 Å². The minimum Gasteiger partial charge on any atom is -0.314 e. The van der Waals surface area contributed by atoms with Crippen molar-refractivity contribution in [1.82, 2.24) is 39.5 Å². The third kappa shape index (κ3) is 8.98. The number of hydrogen-bond donors (Lipinski definition) is 1. The van der Waals surface area contributed by atoms with E-state index in [1.807, 2.05) is 90.1 Å². The summed E-state index contributed by atoms with van der Waals surface area (Å²) in [5.41, 5.74) is 7.18. The van der Waals surface area contributed by atoms with E-state index in [9.17, 15) is 26.4 Å². The zero-order chi connectivity index (χ0) is 49.9. The third-order valence-corrected chi connectivity index (χ3v) is 14.8. The number of benzene rings is 2. The summed E-state index contributed by atoms with van der Waals surface area (Å²) in [6.07, 6.45) is 19.6. The number of nitrogens with one attached hydrogen (secondary N) is 1. The fourth-order valence-electron chi connectivity index (χ4n) is 9.78. The summed E-state index contributed by atoms with van der Waals surface area (Å²) in [6.45, 7) is 2.12. The number of carbonyl (C=O) groups excluding carboxylic acids is 2. The van der Waals surface area contributed by atoms with Gasteiger partial charge in [-0.25, -0.2) is 16.8 Å². The first-order chi connectivity index (χ1) is 33.9. The second-order valence-electron chi connectivity index (χ2n) is 17.7. The number of rotatable bonds is 7. The molecule has 2 amide bonds. The Balaban J connectivity index is 0.000000151. The first-order valence-corrected chi connectivity index (χ1v) is 27.3. The molecule has 4 aliphatic heterocycles. The molecular weight excluding hydrogens is 1010 g/mol. The van der Waals surface area contributed by atoms with Crippen molar-refractivity contribution < 1.29 is 26.4 Å². The maximum absolute atomic E-state index is 13.8. The number of halogens is 3. The van der Waals surface area contributed by atoms with Crippen LogP contribution in [0.25, 0.3) is 43.8 Å². The van der Waals surface area contributed by atoms with Gasteiger partial charge in [0, 0.05) is 130 Å². The van der Waals surface area contributed by atoms with Crippen molar-refractivity contribution in [2.24, 2.45) is 0 Å². The molecule has 2 fully saturated rings. The third-order valence-electron chi connectivity index (χ3n) is 13.1. The van der Waals surface area contributed by atoms with E-state index in [4.69, 9.17) is 33.2 Å². The SMILES string of the molecule is CS(=O)(=O)Cl.CS(=O)(=O)N1CC2(C1)C(=O)N(Cc1ncc3cc(Cl)ccc3c1-c1cccnc1)c1cnccc12.O=C1N(Cc2ncc3cc(Cl)ccc3c2-c2cccnc2)c2cnccc2C12CNC2. The average Bonchev–Trinajstić information content (AvgIpc) is 3.72. The minimum atomic E-state index is -3.39. The van der Waals surface area contributed by atoms with Crippen LogP contribution in [-0.2, 0) is 52.6 Å². The van der Waals surface area contributed by atoms with Gasteiger partial charge in [-0.2, -0.15) is 4.31 Å². The molecular formula is C50H41Cl3N10O6S2. The van der Waals surface area contributed by atoms with Crippen LogP contribution in [0, 0.1) is 0 Å². The summed E-state index contributed by atoms with van der Waals surface area (Å²) in [5, 5.41) is 8.35. The van der Waals surface area contributed by atoms with Crippen molar-refractivity contribution in [1.29, 1.82) is 0 Å². The molecule has 2 aromatic carbocycles. The average molecular weight is 1050 g/mol. The van der Waals surface area contributed by atoms with E-state index in [-0.39, 0.29) is 31.4 Å². The number of amides is 2. The molecule has 0 atom stereocenters. The predicted molar refractivity (Wildman–Crippen MR) is 274 cm³/mol. The fourth-order valence-corrected chi connectivity index (χ4v) is 11.1. The Morgan fingerprint density at radius 1 is 0.592 bits per heavy atom. The van der Waals surface area contributed by atoms with Crippen LogP contribution in [0.2, 0.25) is 10.0 Å². The summed E-state index contributed by atoms with van der Waals surface area (Å²) in [4.78, 5) is 57.5. The molecule has 71 heavy (non-hydrogen) atoms. The Bertz CT molecular complexity index is 3650. The summed E-state index contributed by atoms with van der Waals surface area (Å²) >= 11 is 12.4. The van der Waals surface area contributed by atoms with Crippen molar-refractivity contribution in [2.75, 3.05) is 48.5 Å². The van der Waals surface area contributed by atoms with Crippen LogP contribution in [0.1, 0.15) is 22.5 Å². The summed E-state index contributed by atoms with van der Waals surface area (Å²) in [5.74, 6) is -0.0417. The maximum Gasteiger partial charge on any atom is 0.240 e. The van der Waals surface area contributed by atoms with Gasteiger partial charge < -0.3 is 15.1 Å². The number of nitrogens with zero attached hydrogens (tertiary/aromatic N) is 9. The van der Waals surface area contributed by atoms with Crippen LogP contribution in [0.4, 0.5) is 11.4 Å². The molecule has 6 aromatic heterocycles. The van der Waals surface area contributed by atoms with Crippen molar-refractivity contribution in [3.05, 3.63) is 167 Å². The standard InChI is InChI=1S/C25H20ClN5O3S.C24H18ClN5O.CH3ClO2S/c1-35(33,34)30-14-25(15-30)20-6-8-28-12-22(20)31(24(25)32)13-21-23(16-3-2-7-27-10-16)19-5-4-18(26)9-17(19)11-29-21;25-17-3-4-18-16(8-17)10-29-20(22(18)15-2-1-6-26-9-15)12-30-21-11-27-7-5-19(21)24(23(30)31)13-28-14-24;1-5(2,3)4/h2-12H,13-15H2,1H3;1-11,28H,12-14H2;1H3. The predicted octanol–water partition coefficient (Wildman–Crippen LogP) is 7.32. The van der Waals surface area contributed by atoms with Gasteiger partial charge in [0.05, 0.1) is 60.8 Å². The highest BCUT2D eigenvalue weighted by Crippen LogP contribution is 2.49. The van der Waals surface area contributed by atoms with E-state index in [2.05, 4.69) is 35.9 Å². The first kappa shape index (κ1) is 48.1. The molecule has 0 saturated carbocycles. The lowest BCUT2D eigenvalue weighted by molar-refractivity contribution is -0.127. The molecule has 16 nitrogen and oxygen atoms in total. The Morgan fingerprint density at radius 2 is 1.03 bits per heavy atom. The quantitative estimate of drug-likeness (QED) is 0.156. The van der Waals surface area contributed by atoms with Gasteiger partial charge in [-0.05, 0) is 70.4 Å². The number of anilines is 2. The maximum atomic E-state index is 13.8.